The second kappa shape index (κ2) is 9.69. The summed E-state index contributed by atoms with van der Waals surface area (Å²) in [5.41, 5.74) is 1.22. The third-order valence-corrected chi connectivity index (χ3v) is 5.84. The van der Waals surface area contributed by atoms with Gasteiger partial charge in [0.05, 0.1) is 11.8 Å². The van der Waals surface area contributed by atoms with E-state index in [9.17, 15) is 14.8 Å². The molecular formula is C21H28N6O3. The Labute approximate surface area is 176 Å². The van der Waals surface area contributed by atoms with E-state index in [0.29, 0.717) is 37.0 Å². The Morgan fingerprint density at radius 2 is 1.97 bits per heavy atom. The van der Waals surface area contributed by atoms with Gasteiger partial charge < -0.3 is 15.1 Å². The summed E-state index contributed by atoms with van der Waals surface area (Å²) >= 11 is 0. The molecule has 0 saturated carbocycles. The van der Waals surface area contributed by atoms with Gasteiger partial charge in [0.2, 0.25) is 18.1 Å². The molecule has 2 heterocycles. The van der Waals surface area contributed by atoms with Crippen molar-refractivity contribution in [2.24, 2.45) is 16.8 Å². The van der Waals surface area contributed by atoms with Crippen molar-refractivity contribution < 1.29 is 14.8 Å². The number of nitrogens with zero attached hydrogens (tertiary/aromatic N) is 5. The van der Waals surface area contributed by atoms with Crippen LogP contribution >= 0.6 is 0 Å². The largest absolute Gasteiger partial charge is 0.346 e. The predicted molar refractivity (Wildman–Crippen MR) is 110 cm³/mol. The van der Waals surface area contributed by atoms with E-state index >= 15 is 0 Å². The van der Waals surface area contributed by atoms with Gasteiger partial charge in [-0.1, -0.05) is 30.3 Å². The van der Waals surface area contributed by atoms with Crippen molar-refractivity contribution in [3.63, 3.8) is 0 Å². The molecule has 2 amide bonds. The van der Waals surface area contributed by atoms with Crippen LogP contribution in [0.4, 0.5) is 0 Å². The molecule has 0 aromatic heterocycles. The smallest absolute Gasteiger partial charge is 0.258 e. The fourth-order valence-corrected chi connectivity index (χ4v) is 4.24. The molecule has 1 aromatic carbocycles. The predicted octanol–water partition coefficient (Wildman–Crippen LogP) is 0.845. The van der Waals surface area contributed by atoms with Crippen molar-refractivity contribution >= 4 is 17.8 Å². The summed E-state index contributed by atoms with van der Waals surface area (Å²) < 4.78 is 0. The van der Waals surface area contributed by atoms with Gasteiger partial charge in [0.1, 0.15) is 0 Å². The molecule has 160 valence electrons. The first-order chi connectivity index (χ1) is 14.4. The number of aliphatic imine (C=N–C) groups is 1. The fourth-order valence-electron chi connectivity index (χ4n) is 4.24. The van der Waals surface area contributed by atoms with Crippen molar-refractivity contribution in [2.75, 3.05) is 40.3 Å². The molecule has 2 aliphatic rings. The van der Waals surface area contributed by atoms with E-state index in [1.54, 1.807) is 20.3 Å². The second-order valence-electron chi connectivity index (χ2n) is 7.94. The average molecular weight is 412 g/mol. The maximum absolute atomic E-state index is 13.3. The topological polar surface area (TPSA) is 112 Å². The zero-order valence-corrected chi connectivity index (χ0v) is 17.4. The highest BCUT2D eigenvalue weighted by Crippen LogP contribution is 2.31. The molecular weight excluding hydrogens is 384 g/mol. The molecule has 3 rings (SSSR count). The number of likely N-dealkylation sites (tertiary alicyclic amines) is 1. The van der Waals surface area contributed by atoms with Crippen LogP contribution in [0.15, 0.2) is 35.3 Å². The molecule has 3 atom stereocenters. The minimum atomic E-state index is -0.726. The number of hydrogen-bond donors (Lipinski definition) is 2. The van der Waals surface area contributed by atoms with E-state index in [1.165, 1.54) is 10.5 Å². The lowest BCUT2D eigenvalue weighted by Gasteiger charge is -2.35. The molecule has 0 unspecified atom stereocenters. The Hall–Kier alpha value is -2.96. The van der Waals surface area contributed by atoms with Gasteiger partial charge >= 0.3 is 0 Å². The molecule has 9 heteroatoms. The maximum Gasteiger partial charge on any atom is 0.258 e. The highest BCUT2D eigenvalue weighted by molar-refractivity contribution is 5.98. The Kier molecular flexibility index (Phi) is 7.03. The number of hydrogen-bond acceptors (Lipinski definition) is 6. The number of nitrogens with one attached hydrogen (secondary N) is 1. The molecule has 0 spiro atoms. The van der Waals surface area contributed by atoms with Crippen molar-refractivity contribution in [3.05, 3.63) is 35.9 Å². The number of benzene rings is 1. The molecule has 2 saturated heterocycles. The van der Waals surface area contributed by atoms with Crippen LogP contribution in [0.2, 0.25) is 0 Å². The van der Waals surface area contributed by atoms with E-state index in [2.05, 4.69) is 22.4 Å². The summed E-state index contributed by atoms with van der Waals surface area (Å²) in [5.74, 6) is -1.82. The number of amides is 2. The third kappa shape index (κ3) is 4.61. The Bertz CT molecular complexity index is 835. The fraction of sp³-hybridized carbons (Fsp3) is 0.524. The summed E-state index contributed by atoms with van der Waals surface area (Å²) in [7, 11) is 3.14. The van der Waals surface area contributed by atoms with Crippen LogP contribution in [-0.2, 0) is 9.59 Å². The third-order valence-electron chi connectivity index (χ3n) is 5.84. The highest BCUT2D eigenvalue weighted by atomic mass is 16.5. The summed E-state index contributed by atoms with van der Waals surface area (Å²) in [6.07, 6.45) is 3.00. The van der Waals surface area contributed by atoms with Crippen LogP contribution in [0, 0.1) is 23.3 Å². The van der Waals surface area contributed by atoms with E-state index in [0.717, 1.165) is 6.42 Å². The van der Waals surface area contributed by atoms with Gasteiger partial charge in [-0.05, 0) is 24.9 Å². The molecule has 0 bridgehead atoms. The first-order valence-corrected chi connectivity index (χ1v) is 10.2. The van der Waals surface area contributed by atoms with Gasteiger partial charge in [0.15, 0.2) is 0 Å². The SMILES string of the molecule is CN(C)/C(=N\C#N)N(O)C(=O)[C@H]1CNCC[C@@H]1C(=O)N1CC[C@H](c2ccccc2)C1. The highest BCUT2D eigenvalue weighted by Gasteiger charge is 2.42. The molecule has 1 aromatic rings. The minimum Gasteiger partial charge on any atom is -0.346 e. The van der Waals surface area contributed by atoms with Crippen molar-refractivity contribution in [3.8, 4) is 6.19 Å². The first kappa shape index (κ1) is 21.7. The van der Waals surface area contributed by atoms with Crippen LogP contribution in [-0.4, -0.2) is 78.1 Å². The molecule has 0 aliphatic carbocycles. The minimum absolute atomic E-state index is 0.0506. The lowest BCUT2D eigenvalue weighted by atomic mass is 9.84. The number of carbonyl (C=O) groups is 2. The van der Waals surface area contributed by atoms with Crippen molar-refractivity contribution in [2.45, 2.75) is 18.8 Å². The molecule has 30 heavy (non-hydrogen) atoms. The standard InChI is InChI=1S/C21H28N6O3/c1-25(2)21(24-14-22)27(30)20(29)18-12-23-10-8-17(18)19(28)26-11-9-16(13-26)15-6-4-3-5-7-15/h3-7,16-18,23,30H,8-13H2,1-2H3/b24-21+/t16-,17-,18-/m0/s1. The van der Waals surface area contributed by atoms with Crippen molar-refractivity contribution in [1.82, 2.24) is 20.2 Å². The normalized spacial score (nSPS) is 24.3. The average Bonchev–Trinajstić information content (AvgIpc) is 3.27. The summed E-state index contributed by atoms with van der Waals surface area (Å²) in [5, 5.41) is 22.8. The summed E-state index contributed by atoms with van der Waals surface area (Å²) in [6.45, 7) is 2.21. The Morgan fingerprint density at radius 1 is 1.23 bits per heavy atom. The number of piperidine rings is 1. The number of carbonyl (C=O) groups excluding carboxylic acids is 2. The van der Waals surface area contributed by atoms with Crippen LogP contribution in [0.25, 0.3) is 0 Å². The number of nitriles is 1. The molecule has 9 nitrogen and oxygen atoms in total. The number of guanidine groups is 1. The van der Waals surface area contributed by atoms with E-state index in [-0.39, 0.29) is 18.4 Å². The van der Waals surface area contributed by atoms with Crippen LogP contribution in [0.1, 0.15) is 24.3 Å². The van der Waals surface area contributed by atoms with Gasteiger partial charge in [-0.15, -0.1) is 4.99 Å². The maximum atomic E-state index is 13.3. The monoisotopic (exact) mass is 412 g/mol. The van der Waals surface area contributed by atoms with Gasteiger partial charge in [0, 0.05) is 39.6 Å². The van der Waals surface area contributed by atoms with Crippen LogP contribution in [0.5, 0.6) is 0 Å². The summed E-state index contributed by atoms with van der Waals surface area (Å²) in [4.78, 5) is 33.0. The Morgan fingerprint density at radius 3 is 2.63 bits per heavy atom. The van der Waals surface area contributed by atoms with E-state index in [4.69, 9.17) is 5.26 Å². The van der Waals surface area contributed by atoms with E-state index < -0.39 is 17.7 Å². The molecule has 0 radical (unpaired) electrons. The van der Waals surface area contributed by atoms with Gasteiger partial charge in [-0.25, -0.2) is 0 Å². The zero-order chi connectivity index (χ0) is 21.7. The molecule has 2 aliphatic heterocycles. The number of hydroxylamine groups is 2. The van der Waals surface area contributed by atoms with Crippen molar-refractivity contribution in [1.29, 1.82) is 5.26 Å². The van der Waals surface area contributed by atoms with Gasteiger partial charge in [-0.2, -0.15) is 10.3 Å². The molecule has 2 fully saturated rings. The van der Waals surface area contributed by atoms with Crippen LogP contribution < -0.4 is 5.32 Å². The van der Waals surface area contributed by atoms with Gasteiger partial charge in [-0.3, -0.25) is 14.8 Å². The second-order valence-corrected chi connectivity index (χ2v) is 7.94. The zero-order valence-electron chi connectivity index (χ0n) is 17.4. The van der Waals surface area contributed by atoms with E-state index in [1.807, 2.05) is 23.1 Å². The van der Waals surface area contributed by atoms with Gasteiger partial charge in [0.25, 0.3) is 5.91 Å². The lowest BCUT2D eigenvalue weighted by Crippen LogP contribution is -2.54. The Balaban J connectivity index is 1.72. The quantitative estimate of drug-likeness (QED) is 0.250. The lowest BCUT2D eigenvalue weighted by molar-refractivity contribution is -0.161. The first-order valence-electron chi connectivity index (χ1n) is 10.2. The summed E-state index contributed by atoms with van der Waals surface area (Å²) in [6, 6.07) is 10.1. The van der Waals surface area contributed by atoms with Crippen LogP contribution in [0.3, 0.4) is 0 Å². The number of rotatable bonds is 3. The molecule has 2 N–H and O–H groups in total.